The lowest BCUT2D eigenvalue weighted by Gasteiger charge is -2.11. The average Bonchev–Trinajstić information content (AvgIpc) is 3.03. The molecule has 0 bridgehead atoms. The highest BCUT2D eigenvalue weighted by molar-refractivity contribution is 7.19. The number of aromatic nitrogens is 1. The van der Waals surface area contributed by atoms with Gasteiger partial charge in [0.15, 0.2) is 0 Å². The van der Waals surface area contributed by atoms with Crippen molar-refractivity contribution in [3.05, 3.63) is 92.7 Å². The van der Waals surface area contributed by atoms with Crippen LogP contribution in [-0.4, -0.2) is 11.2 Å². The van der Waals surface area contributed by atoms with Gasteiger partial charge in [-0.25, -0.2) is 0 Å². The van der Waals surface area contributed by atoms with Crippen LogP contribution in [-0.2, 0) is 13.0 Å². The molecule has 0 unspecified atom stereocenters. The van der Waals surface area contributed by atoms with Crippen LogP contribution >= 0.6 is 11.3 Å². The molecule has 0 saturated heterocycles. The minimum Gasteiger partial charge on any atom is -0.493 e. The molecule has 2 heterocycles. The summed E-state index contributed by atoms with van der Waals surface area (Å²) < 4.78 is 8.84. The van der Waals surface area contributed by atoms with Crippen LogP contribution in [0.1, 0.15) is 21.6 Å². The summed E-state index contributed by atoms with van der Waals surface area (Å²) in [6, 6.07) is 17.6. The average molecular weight is 405 g/mol. The van der Waals surface area contributed by atoms with Gasteiger partial charge >= 0.3 is 0 Å². The van der Waals surface area contributed by atoms with Crippen LogP contribution in [0, 0.1) is 13.8 Å². The number of nitrogen functional groups attached to an aromatic ring is 1. The Bertz CT molecular complexity index is 1220. The van der Waals surface area contributed by atoms with Crippen LogP contribution in [0.2, 0.25) is 0 Å². The summed E-state index contributed by atoms with van der Waals surface area (Å²) in [6.07, 6.45) is 2.61. The highest BCUT2D eigenvalue weighted by atomic mass is 32.1. The predicted molar refractivity (Wildman–Crippen MR) is 121 cm³/mol. The minimum absolute atomic E-state index is 0.0811. The van der Waals surface area contributed by atoms with Crippen molar-refractivity contribution in [1.82, 2.24) is 4.57 Å². The molecule has 2 N–H and O–H groups in total. The number of anilines is 1. The molecule has 148 valence electrons. The number of hydrogen-bond acceptors (Lipinski definition) is 4. The molecule has 0 saturated carbocycles. The van der Waals surface area contributed by atoms with Gasteiger partial charge in [-0.3, -0.25) is 4.79 Å². The molecule has 0 aliphatic carbocycles. The van der Waals surface area contributed by atoms with Gasteiger partial charge in [-0.2, -0.15) is 0 Å². The molecule has 0 aliphatic heterocycles. The molecule has 0 atom stereocenters. The van der Waals surface area contributed by atoms with Gasteiger partial charge in [0, 0.05) is 33.9 Å². The van der Waals surface area contributed by atoms with Crippen molar-refractivity contribution in [2.45, 2.75) is 26.8 Å². The van der Waals surface area contributed by atoms with Gasteiger partial charge in [0.2, 0.25) is 0 Å². The van der Waals surface area contributed by atoms with Crippen LogP contribution in [0.5, 0.6) is 5.75 Å². The van der Waals surface area contributed by atoms with Crippen LogP contribution in [0.3, 0.4) is 0 Å². The third kappa shape index (κ3) is 4.05. The second-order valence-electron chi connectivity index (χ2n) is 7.20. The molecule has 4 nitrogen and oxygen atoms in total. The van der Waals surface area contributed by atoms with Crippen LogP contribution in [0.15, 0.2) is 65.6 Å². The Balaban J connectivity index is 1.42. The summed E-state index contributed by atoms with van der Waals surface area (Å²) in [5.74, 6) is 0.606. The molecular formula is C24H24N2O2S. The lowest BCUT2D eigenvalue weighted by molar-refractivity contribution is 0.321. The predicted octanol–water partition coefficient (Wildman–Crippen LogP) is 4.93. The van der Waals surface area contributed by atoms with Crippen molar-refractivity contribution in [2.24, 2.45) is 0 Å². The van der Waals surface area contributed by atoms with Crippen molar-refractivity contribution in [2.75, 3.05) is 12.3 Å². The number of aryl methyl sites for hydroxylation is 1. The monoisotopic (exact) mass is 404 g/mol. The third-order valence-corrected chi connectivity index (χ3v) is 6.67. The van der Waals surface area contributed by atoms with E-state index in [1.165, 1.54) is 20.5 Å². The number of benzene rings is 2. The van der Waals surface area contributed by atoms with E-state index in [1.807, 2.05) is 42.5 Å². The summed E-state index contributed by atoms with van der Waals surface area (Å²) in [5, 5.41) is 1.31. The van der Waals surface area contributed by atoms with Crippen molar-refractivity contribution in [3.63, 3.8) is 0 Å². The smallest absolute Gasteiger partial charge is 0.254 e. The Hall–Kier alpha value is -3.05. The number of fused-ring (bicyclic) bond motifs is 1. The Morgan fingerprint density at radius 3 is 2.66 bits per heavy atom. The van der Waals surface area contributed by atoms with Crippen molar-refractivity contribution in [3.8, 4) is 5.75 Å². The quantitative estimate of drug-likeness (QED) is 0.464. The van der Waals surface area contributed by atoms with E-state index in [0.717, 1.165) is 23.2 Å². The first kappa shape index (κ1) is 19.3. The largest absolute Gasteiger partial charge is 0.493 e. The molecule has 4 aromatic rings. The molecule has 2 aromatic heterocycles. The first-order valence-electron chi connectivity index (χ1n) is 9.67. The zero-order valence-corrected chi connectivity index (χ0v) is 17.5. The standard InChI is InChI=1S/C24H24N2O2S/c1-16-18(6-5-8-21(16)25)15-26-12-10-19(14-24(26)27)28-13-11-22-17(2)20-7-3-4-9-23(20)29-22/h3-10,12,14H,11,13,15,25H2,1-2H3. The number of rotatable bonds is 6. The SMILES string of the molecule is Cc1c(N)cccc1Cn1ccc(OCCc2sc3ccccc3c2C)cc1=O. The van der Waals surface area contributed by atoms with E-state index < -0.39 is 0 Å². The number of nitrogens with two attached hydrogens (primary N) is 1. The molecule has 5 heteroatoms. The van der Waals surface area contributed by atoms with Gasteiger partial charge in [0.05, 0.1) is 13.2 Å². The van der Waals surface area contributed by atoms with Crippen LogP contribution < -0.4 is 16.0 Å². The fourth-order valence-corrected chi connectivity index (χ4v) is 4.68. The Labute approximate surface area is 174 Å². The first-order valence-corrected chi connectivity index (χ1v) is 10.5. The third-order valence-electron chi connectivity index (χ3n) is 5.34. The number of thiophene rings is 1. The zero-order valence-electron chi connectivity index (χ0n) is 16.6. The van der Waals surface area contributed by atoms with E-state index in [-0.39, 0.29) is 5.56 Å². The summed E-state index contributed by atoms with van der Waals surface area (Å²) >= 11 is 1.81. The van der Waals surface area contributed by atoms with E-state index in [0.29, 0.717) is 18.9 Å². The van der Waals surface area contributed by atoms with Crippen molar-refractivity contribution < 1.29 is 4.74 Å². The summed E-state index contributed by atoms with van der Waals surface area (Å²) in [7, 11) is 0. The summed E-state index contributed by atoms with van der Waals surface area (Å²) in [5.41, 5.74) is 10.0. The molecule has 0 spiro atoms. The molecule has 4 rings (SSSR count). The van der Waals surface area contributed by atoms with E-state index in [9.17, 15) is 4.79 Å². The van der Waals surface area contributed by atoms with Crippen molar-refractivity contribution >= 4 is 27.1 Å². The summed E-state index contributed by atoms with van der Waals surface area (Å²) in [4.78, 5) is 13.8. The number of nitrogens with zero attached hydrogens (tertiary/aromatic N) is 1. The second-order valence-corrected chi connectivity index (χ2v) is 8.34. The molecule has 0 amide bonds. The van der Waals surface area contributed by atoms with Crippen molar-refractivity contribution in [1.29, 1.82) is 0 Å². The maximum Gasteiger partial charge on any atom is 0.254 e. The topological polar surface area (TPSA) is 57.2 Å². The highest BCUT2D eigenvalue weighted by Gasteiger charge is 2.09. The van der Waals surface area contributed by atoms with Gasteiger partial charge in [0.1, 0.15) is 5.75 Å². The molecule has 0 radical (unpaired) electrons. The van der Waals surface area contributed by atoms with Gasteiger partial charge in [-0.05, 0) is 54.1 Å². The van der Waals surface area contributed by atoms with Crippen LogP contribution in [0.25, 0.3) is 10.1 Å². The number of hydrogen-bond donors (Lipinski definition) is 1. The highest BCUT2D eigenvalue weighted by Crippen LogP contribution is 2.30. The maximum absolute atomic E-state index is 12.5. The molecule has 29 heavy (non-hydrogen) atoms. The van der Waals surface area contributed by atoms with E-state index in [1.54, 1.807) is 16.8 Å². The lowest BCUT2D eigenvalue weighted by atomic mass is 10.1. The summed E-state index contributed by atoms with van der Waals surface area (Å²) in [6.45, 7) is 5.18. The lowest BCUT2D eigenvalue weighted by Crippen LogP contribution is -2.20. The fraction of sp³-hybridized carbons (Fsp3) is 0.208. The minimum atomic E-state index is -0.0811. The zero-order chi connectivity index (χ0) is 20.4. The number of ether oxygens (including phenoxy) is 1. The Kier molecular flexibility index (Phi) is 5.41. The fourth-order valence-electron chi connectivity index (χ4n) is 3.49. The maximum atomic E-state index is 12.5. The molecule has 2 aromatic carbocycles. The Morgan fingerprint density at radius 1 is 1.03 bits per heavy atom. The van der Waals surface area contributed by atoms with Crippen LogP contribution in [0.4, 0.5) is 5.69 Å². The van der Waals surface area contributed by atoms with E-state index in [2.05, 4.69) is 31.2 Å². The second kappa shape index (κ2) is 8.13. The van der Waals surface area contributed by atoms with E-state index >= 15 is 0 Å². The van der Waals surface area contributed by atoms with Gasteiger partial charge in [0.25, 0.3) is 5.56 Å². The van der Waals surface area contributed by atoms with Gasteiger partial charge < -0.3 is 15.0 Å². The van der Waals surface area contributed by atoms with Gasteiger partial charge in [-0.1, -0.05) is 30.3 Å². The Morgan fingerprint density at radius 2 is 1.86 bits per heavy atom. The first-order chi connectivity index (χ1) is 14.0. The molecule has 0 fully saturated rings. The number of pyridine rings is 1. The van der Waals surface area contributed by atoms with E-state index in [4.69, 9.17) is 10.5 Å². The molecule has 0 aliphatic rings. The normalized spacial score (nSPS) is 11.1. The van der Waals surface area contributed by atoms with Gasteiger partial charge in [-0.15, -0.1) is 11.3 Å². The molecular weight excluding hydrogens is 380 g/mol.